The molecular formula is C26H19N5O3. The van der Waals surface area contributed by atoms with E-state index >= 15 is 0 Å². The Labute approximate surface area is 194 Å². The minimum Gasteiger partial charge on any atom is -0.457 e. The van der Waals surface area contributed by atoms with Crippen molar-refractivity contribution in [3.05, 3.63) is 112 Å². The molecule has 6 rings (SSSR count). The zero-order chi connectivity index (χ0) is 23.2. The molecule has 3 heterocycles. The number of rotatable bonds is 3. The number of aryl methyl sites for hydroxylation is 1. The molecule has 2 aromatic heterocycles. The molecule has 0 unspecified atom stereocenters. The van der Waals surface area contributed by atoms with Gasteiger partial charge in [-0.3, -0.25) is 15.0 Å². The fourth-order valence-corrected chi connectivity index (χ4v) is 4.24. The Morgan fingerprint density at radius 2 is 1.59 bits per heavy atom. The number of ether oxygens (including phenoxy) is 1. The summed E-state index contributed by atoms with van der Waals surface area (Å²) in [6.45, 7) is 2.00. The Morgan fingerprint density at radius 1 is 0.941 bits per heavy atom. The van der Waals surface area contributed by atoms with Gasteiger partial charge in [0, 0.05) is 11.1 Å². The van der Waals surface area contributed by atoms with Crippen LogP contribution in [0, 0.1) is 6.92 Å². The summed E-state index contributed by atoms with van der Waals surface area (Å²) in [7, 11) is 0. The highest BCUT2D eigenvalue weighted by molar-refractivity contribution is 5.95. The van der Waals surface area contributed by atoms with Crippen LogP contribution in [-0.2, 0) is 4.79 Å². The van der Waals surface area contributed by atoms with Gasteiger partial charge >= 0.3 is 0 Å². The van der Waals surface area contributed by atoms with Crippen LogP contribution in [0.5, 0.6) is 11.5 Å². The van der Waals surface area contributed by atoms with E-state index in [1.165, 1.54) is 12.5 Å². The van der Waals surface area contributed by atoms with Crippen molar-refractivity contribution in [1.29, 1.82) is 0 Å². The van der Waals surface area contributed by atoms with Crippen LogP contribution in [0.1, 0.15) is 22.6 Å². The predicted octanol–water partition coefficient (Wildman–Crippen LogP) is 3.90. The molecule has 166 valence electrons. The van der Waals surface area contributed by atoms with Crippen LogP contribution in [0.3, 0.4) is 0 Å². The zero-order valence-electron chi connectivity index (χ0n) is 18.2. The first-order valence-corrected chi connectivity index (χ1v) is 10.8. The third-order valence-corrected chi connectivity index (χ3v) is 5.94. The molecule has 1 N–H and O–H groups in total. The standard InChI is InChI=1S/C26H19N5O3/c1-16-10-12-17(13-11-16)31-24-20(14-28-31)26(33)30(15-27-24)29-25(32)23-18-6-2-4-8-21(18)34-22-9-5-3-7-19(22)23/h2-15,23H,1H3,(H,29,32). The van der Waals surface area contributed by atoms with Gasteiger partial charge < -0.3 is 4.74 Å². The maximum atomic E-state index is 13.5. The number of hydrogen-bond acceptors (Lipinski definition) is 5. The number of aromatic nitrogens is 4. The van der Waals surface area contributed by atoms with E-state index in [4.69, 9.17) is 4.74 Å². The van der Waals surface area contributed by atoms with Gasteiger partial charge in [0.25, 0.3) is 11.5 Å². The van der Waals surface area contributed by atoms with Crippen molar-refractivity contribution in [1.82, 2.24) is 19.4 Å². The monoisotopic (exact) mass is 449 g/mol. The molecule has 8 nitrogen and oxygen atoms in total. The van der Waals surface area contributed by atoms with Crippen molar-refractivity contribution in [3.8, 4) is 17.2 Å². The first-order valence-electron chi connectivity index (χ1n) is 10.8. The summed E-state index contributed by atoms with van der Waals surface area (Å²) in [6.07, 6.45) is 2.78. The first kappa shape index (κ1) is 19.9. The van der Waals surface area contributed by atoms with E-state index in [1.54, 1.807) is 4.68 Å². The molecule has 0 saturated carbocycles. The largest absolute Gasteiger partial charge is 0.457 e. The minimum absolute atomic E-state index is 0.302. The van der Waals surface area contributed by atoms with Gasteiger partial charge in [-0.25, -0.2) is 14.3 Å². The fourth-order valence-electron chi connectivity index (χ4n) is 4.24. The quantitative estimate of drug-likeness (QED) is 0.451. The highest BCUT2D eigenvalue weighted by atomic mass is 16.5. The van der Waals surface area contributed by atoms with Crippen molar-refractivity contribution >= 4 is 16.9 Å². The smallest absolute Gasteiger partial charge is 0.283 e. The first-order chi connectivity index (χ1) is 16.6. The Kier molecular flexibility index (Phi) is 4.51. The second-order valence-electron chi connectivity index (χ2n) is 8.14. The third-order valence-electron chi connectivity index (χ3n) is 5.94. The molecule has 0 saturated heterocycles. The highest BCUT2D eigenvalue weighted by Crippen LogP contribution is 2.43. The van der Waals surface area contributed by atoms with E-state index in [1.807, 2.05) is 79.7 Å². The molecule has 0 aliphatic carbocycles. The topological polar surface area (TPSA) is 91.0 Å². The van der Waals surface area contributed by atoms with E-state index in [9.17, 15) is 9.59 Å². The normalized spacial score (nSPS) is 12.6. The molecule has 0 atom stereocenters. The van der Waals surface area contributed by atoms with Gasteiger partial charge in [-0.15, -0.1) is 0 Å². The van der Waals surface area contributed by atoms with Gasteiger partial charge in [-0.2, -0.15) is 5.10 Å². The SMILES string of the molecule is Cc1ccc(-n2ncc3c(=O)n(NC(=O)C4c5ccccc5Oc5ccccc54)cnc32)cc1. The van der Waals surface area contributed by atoms with Gasteiger partial charge in [-0.1, -0.05) is 54.1 Å². The molecule has 8 heteroatoms. The number of amides is 1. The Bertz CT molecular complexity index is 1570. The van der Waals surface area contributed by atoms with E-state index in [0.29, 0.717) is 22.5 Å². The van der Waals surface area contributed by atoms with Gasteiger partial charge in [0.1, 0.15) is 23.2 Å². The van der Waals surface area contributed by atoms with E-state index < -0.39 is 11.5 Å². The van der Waals surface area contributed by atoms with Crippen LogP contribution in [0.25, 0.3) is 16.7 Å². The average molecular weight is 449 g/mol. The lowest BCUT2D eigenvalue weighted by Gasteiger charge is -2.27. The van der Waals surface area contributed by atoms with Crippen molar-refractivity contribution in [2.24, 2.45) is 0 Å². The third kappa shape index (κ3) is 3.15. The van der Waals surface area contributed by atoms with Gasteiger partial charge in [0.05, 0.1) is 17.8 Å². The fraction of sp³-hybridized carbons (Fsp3) is 0.0769. The average Bonchev–Trinajstić information content (AvgIpc) is 3.29. The zero-order valence-corrected chi connectivity index (χ0v) is 18.2. The van der Waals surface area contributed by atoms with Crippen LogP contribution in [-0.4, -0.2) is 25.3 Å². The van der Waals surface area contributed by atoms with Crippen molar-refractivity contribution in [3.63, 3.8) is 0 Å². The lowest BCUT2D eigenvalue weighted by molar-refractivity contribution is -0.117. The molecule has 3 aromatic carbocycles. The highest BCUT2D eigenvalue weighted by Gasteiger charge is 2.32. The van der Waals surface area contributed by atoms with Crippen LogP contribution in [0.2, 0.25) is 0 Å². The minimum atomic E-state index is -0.640. The lowest BCUT2D eigenvalue weighted by Crippen LogP contribution is -2.36. The maximum absolute atomic E-state index is 13.5. The number of nitrogens with one attached hydrogen (secondary N) is 1. The van der Waals surface area contributed by atoms with Gasteiger partial charge in [0.2, 0.25) is 0 Å². The number of nitrogens with zero attached hydrogens (tertiary/aromatic N) is 4. The summed E-state index contributed by atoms with van der Waals surface area (Å²) >= 11 is 0. The number of hydrogen-bond donors (Lipinski definition) is 1. The second kappa shape index (κ2) is 7.70. The van der Waals surface area contributed by atoms with Crippen LogP contribution >= 0.6 is 0 Å². The molecule has 34 heavy (non-hydrogen) atoms. The molecule has 0 fully saturated rings. The summed E-state index contributed by atoms with van der Waals surface area (Å²) in [6, 6.07) is 22.5. The number of carbonyl (C=O) groups excluding carboxylic acids is 1. The second-order valence-corrected chi connectivity index (χ2v) is 8.14. The maximum Gasteiger partial charge on any atom is 0.283 e. The molecule has 1 aliphatic heterocycles. The number of fused-ring (bicyclic) bond motifs is 3. The van der Waals surface area contributed by atoms with E-state index in [-0.39, 0.29) is 5.91 Å². The summed E-state index contributed by atoms with van der Waals surface area (Å²) in [5.41, 5.74) is 6.10. The van der Waals surface area contributed by atoms with Crippen molar-refractivity contribution in [2.75, 3.05) is 5.43 Å². The van der Waals surface area contributed by atoms with Crippen LogP contribution in [0.15, 0.2) is 90.1 Å². The molecule has 0 spiro atoms. The Balaban J connectivity index is 1.38. The van der Waals surface area contributed by atoms with Crippen molar-refractivity contribution < 1.29 is 9.53 Å². The lowest BCUT2D eigenvalue weighted by atomic mass is 9.87. The number of benzene rings is 3. The van der Waals surface area contributed by atoms with Gasteiger partial charge in [0.15, 0.2) is 5.65 Å². The predicted molar refractivity (Wildman–Crippen MR) is 127 cm³/mol. The van der Waals surface area contributed by atoms with Crippen LogP contribution in [0.4, 0.5) is 0 Å². The van der Waals surface area contributed by atoms with E-state index in [0.717, 1.165) is 27.1 Å². The van der Waals surface area contributed by atoms with E-state index in [2.05, 4.69) is 15.5 Å². The molecular weight excluding hydrogens is 430 g/mol. The number of carbonyl (C=O) groups is 1. The number of para-hydroxylation sites is 2. The summed E-state index contributed by atoms with van der Waals surface area (Å²) in [5.74, 6) is 0.222. The molecule has 1 amide bonds. The molecule has 0 radical (unpaired) electrons. The summed E-state index contributed by atoms with van der Waals surface area (Å²) in [4.78, 5) is 31.0. The Hall–Kier alpha value is -4.72. The molecule has 1 aliphatic rings. The molecule has 5 aromatic rings. The summed E-state index contributed by atoms with van der Waals surface area (Å²) < 4.78 is 8.68. The van der Waals surface area contributed by atoms with Crippen molar-refractivity contribution in [2.45, 2.75) is 12.8 Å². The van der Waals surface area contributed by atoms with Gasteiger partial charge in [-0.05, 0) is 31.2 Å². The van der Waals surface area contributed by atoms with Crippen LogP contribution < -0.4 is 15.7 Å². The Morgan fingerprint density at radius 3 is 2.26 bits per heavy atom. The molecule has 0 bridgehead atoms. The summed E-state index contributed by atoms with van der Waals surface area (Å²) in [5, 5.41) is 4.64.